The zero-order chi connectivity index (χ0) is 13.9. The molecular formula is C17H16N2O. The van der Waals surface area contributed by atoms with Gasteiger partial charge in [-0.1, -0.05) is 30.3 Å². The van der Waals surface area contributed by atoms with E-state index in [1.807, 2.05) is 49.4 Å². The summed E-state index contributed by atoms with van der Waals surface area (Å²) in [5.74, 6) is 0.218. The Kier molecular flexibility index (Phi) is 3.33. The Morgan fingerprint density at radius 2 is 1.90 bits per heavy atom. The van der Waals surface area contributed by atoms with E-state index in [4.69, 9.17) is 10.1 Å². The van der Waals surface area contributed by atoms with Gasteiger partial charge in [-0.05, 0) is 36.2 Å². The van der Waals surface area contributed by atoms with Crippen LogP contribution in [-0.2, 0) is 11.2 Å². The summed E-state index contributed by atoms with van der Waals surface area (Å²) in [5, 5.41) is 7.76. The first-order chi connectivity index (χ1) is 9.78. The number of hydrogen-bond donors (Lipinski definition) is 1. The van der Waals surface area contributed by atoms with E-state index in [1.54, 1.807) is 0 Å². The number of nitrogens with one attached hydrogen (secondary N) is 1. The monoisotopic (exact) mass is 264 g/mol. The van der Waals surface area contributed by atoms with E-state index < -0.39 is 0 Å². The van der Waals surface area contributed by atoms with Crippen LogP contribution in [0, 0.1) is 5.41 Å². The molecule has 0 atom stereocenters. The van der Waals surface area contributed by atoms with Crippen molar-refractivity contribution in [2.24, 2.45) is 4.99 Å². The summed E-state index contributed by atoms with van der Waals surface area (Å²) in [5.41, 5.74) is 5.32. The molecule has 1 N–H and O–H groups in total. The lowest BCUT2D eigenvalue weighted by molar-refractivity contribution is 0.325. The van der Waals surface area contributed by atoms with E-state index in [1.165, 1.54) is 5.56 Å². The summed E-state index contributed by atoms with van der Waals surface area (Å²) in [6.07, 6.45) is 0.873. The van der Waals surface area contributed by atoms with Crippen molar-refractivity contribution < 1.29 is 4.74 Å². The largest absolute Gasteiger partial charge is 0.478 e. The first-order valence-electron chi connectivity index (χ1n) is 6.75. The summed E-state index contributed by atoms with van der Waals surface area (Å²) in [7, 11) is 0. The van der Waals surface area contributed by atoms with Crippen molar-refractivity contribution in [2.45, 2.75) is 13.3 Å². The Labute approximate surface area is 118 Å². The Morgan fingerprint density at radius 3 is 2.60 bits per heavy atom. The minimum Gasteiger partial charge on any atom is -0.478 e. The fraction of sp³-hybridized carbons (Fsp3) is 0.176. The normalized spacial score (nSPS) is 12.8. The van der Waals surface area contributed by atoms with Crippen LogP contribution in [0.25, 0.3) is 0 Å². The van der Waals surface area contributed by atoms with Crippen molar-refractivity contribution in [1.29, 1.82) is 5.41 Å². The van der Waals surface area contributed by atoms with Gasteiger partial charge in [-0.25, -0.2) is 0 Å². The third-order valence-electron chi connectivity index (χ3n) is 3.37. The molecule has 0 aromatic heterocycles. The molecule has 0 saturated carbocycles. The summed E-state index contributed by atoms with van der Waals surface area (Å²) >= 11 is 0. The fourth-order valence-electron chi connectivity index (χ4n) is 2.34. The molecule has 0 fully saturated rings. The molecule has 2 aromatic carbocycles. The summed E-state index contributed by atoms with van der Waals surface area (Å²) in [6, 6.07) is 16.1. The second kappa shape index (κ2) is 5.29. The molecule has 3 nitrogen and oxygen atoms in total. The SMILES string of the molecule is CCOC(=N)c1ccc(C2=Nc3ccccc3C2)cc1. The zero-order valence-corrected chi connectivity index (χ0v) is 11.4. The maximum Gasteiger partial charge on any atom is 0.213 e. The van der Waals surface area contributed by atoms with E-state index in [9.17, 15) is 0 Å². The number of ether oxygens (including phenoxy) is 1. The highest BCUT2D eigenvalue weighted by Gasteiger charge is 2.15. The van der Waals surface area contributed by atoms with Gasteiger partial charge in [0.05, 0.1) is 18.0 Å². The first-order valence-corrected chi connectivity index (χ1v) is 6.75. The first kappa shape index (κ1) is 12.6. The van der Waals surface area contributed by atoms with E-state index in [2.05, 4.69) is 11.1 Å². The summed E-state index contributed by atoms with van der Waals surface area (Å²) in [4.78, 5) is 4.66. The van der Waals surface area contributed by atoms with Crippen molar-refractivity contribution in [3.63, 3.8) is 0 Å². The lowest BCUT2D eigenvalue weighted by Crippen LogP contribution is -2.06. The van der Waals surface area contributed by atoms with Gasteiger partial charge in [0.15, 0.2) is 0 Å². The van der Waals surface area contributed by atoms with E-state index in [0.717, 1.165) is 28.9 Å². The molecule has 0 unspecified atom stereocenters. The Balaban J connectivity index is 1.82. The molecule has 20 heavy (non-hydrogen) atoms. The number of benzene rings is 2. The molecule has 2 aromatic rings. The maximum absolute atomic E-state index is 7.76. The second-order valence-electron chi connectivity index (χ2n) is 4.70. The van der Waals surface area contributed by atoms with E-state index in [-0.39, 0.29) is 5.90 Å². The van der Waals surface area contributed by atoms with Gasteiger partial charge >= 0.3 is 0 Å². The Morgan fingerprint density at radius 1 is 1.15 bits per heavy atom. The van der Waals surface area contributed by atoms with Gasteiger partial charge in [0, 0.05) is 12.0 Å². The van der Waals surface area contributed by atoms with Gasteiger partial charge in [-0.2, -0.15) is 0 Å². The lowest BCUT2D eigenvalue weighted by Gasteiger charge is -2.06. The van der Waals surface area contributed by atoms with Crippen molar-refractivity contribution in [3.05, 3.63) is 65.2 Å². The van der Waals surface area contributed by atoms with Crippen LogP contribution in [-0.4, -0.2) is 18.2 Å². The fourth-order valence-corrected chi connectivity index (χ4v) is 2.34. The predicted octanol–water partition coefficient (Wildman–Crippen LogP) is 3.73. The van der Waals surface area contributed by atoms with Crippen LogP contribution >= 0.6 is 0 Å². The third kappa shape index (κ3) is 2.35. The number of para-hydroxylation sites is 1. The number of rotatable bonds is 3. The lowest BCUT2D eigenvalue weighted by atomic mass is 10.0. The van der Waals surface area contributed by atoms with Crippen LogP contribution in [0.3, 0.4) is 0 Å². The minimum atomic E-state index is 0.218. The smallest absolute Gasteiger partial charge is 0.213 e. The second-order valence-corrected chi connectivity index (χ2v) is 4.70. The summed E-state index contributed by atoms with van der Waals surface area (Å²) in [6.45, 7) is 2.40. The highest BCUT2D eigenvalue weighted by atomic mass is 16.5. The maximum atomic E-state index is 7.76. The van der Waals surface area contributed by atoms with Gasteiger partial charge in [0.2, 0.25) is 5.90 Å². The number of aliphatic imine (C=N–C) groups is 1. The molecule has 0 amide bonds. The molecule has 100 valence electrons. The van der Waals surface area contributed by atoms with Crippen LogP contribution < -0.4 is 0 Å². The molecule has 0 aliphatic carbocycles. The van der Waals surface area contributed by atoms with Crippen LogP contribution in [0.15, 0.2) is 53.5 Å². The predicted molar refractivity (Wildman–Crippen MR) is 81.2 cm³/mol. The Bertz CT molecular complexity index is 672. The van der Waals surface area contributed by atoms with E-state index in [0.29, 0.717) is 6.61 Å². The van der Waals surface area contributed by atoms with Gasteiger partial charge in [0.1, 0.15) is 0 Å². The highest BCUT2D eigenvalue weighted by molar-refractivity contribution is 6.07. The van der Waals surface area contributed by atoms with Crippen LogP contribution in [0.5, 0.6) is 0 Å². The van der Waals surface area contributed by atoms with Crippen LogP contribution in [0.4, 0.5) is 5.69 Å². The number of fused-ring (bicyclic) bond motifs is 1. The van der Waals surface area contributed by atoms with Crippen LogP contribution in [0.2, 0.25) is 0 Å². The van der Waals surface area contributed by atoms with Gasteiger partial charge < -0.3 is 4.74 Å². The molecule has 1 aliphatic heterocycles. The van der Waals surface area contributed by atoms with Gasteiger partial charge in [0.25, 0.3) is 0 Å². The molecule has 0 spiro atoms. The molecular weight excluding hydrogens is 248 g/mol. The number of nitrogens with zero attached hydrogens (tertiary/aromatic N) is 1. The average molecular weight is 264 g/mol. The van der Waals surface area contributed by atoms with Crippen LogP contribution in [0.1, 0.15) is 23.6 Å². The molecule has 0 radical (unpaired) electrons. The minimum absolute atomic E-state index is 0.218. The highest BCUT2D eigenvalue weighted by Crippen LogP contribution is 2.28. The Hall–Kier alpha value is -2.42. The average Bonchev–Trinajstić information content (AvgIpc) is 2.91. The van der Waals surface area contributed by atoms with Crippen molar-refractivity contribution in [3.8, 4) is 0 Å². The number of hydrogen-bond acceptors (Lipinski definition) is 3. The molecule has 0 saturated heterocycles. The summed E-state index contributed by atoms with van der Waals surface area (Å²) < 4.78 is 5.20. The van der Waals surface area contributed by atoms with Crippen molar-refractivity contribution >= 4 is 17.3 Å². The molecule has 3 rings (SSSR count). The quantitative estimate of drug-likeness (QED) is 0.666. The van der Waals surface area contributed by atoms with Gasteiger partial charge in [-0.3, -0.25) is 10.4 Å². The van der Waals surface area contributed by atoms with Crippen molar-refractivity contribution in [2.75, 3.05) is 6.61 Å². The zero-order valence-electron chi connectivity index (χ0n) is 11.4. The van der Waals surface area contributed by atoms with E-state index >= 15 is 0 Å². The third-order valence-corrected chi connectivity index (χ3v) is 3.37. The van der Waals surface area contributed by atoms with Gasteiger partial charge in [-0.15, -0.1) is 0 Å². The molecule has 1 heterocycles. The molecule has 1 aliphatic rings. The topological polar surface area (TPSA) is 45.4 Å². The van der Waals surface area contributed by atoms with Crippen molar-refractivity contribution in [1.82, 2.24) is 0 Å². The molecule has 0 bridgehead atoms. The molecule has 3 heteroatoms. The standard InChI is InChI=1S/C17H16N2O/c1-2-20-17(18)13-9-7-12(8-10-13)16-11-14-5-3-4-6-15(14)19-16/h3-10,18H,2,11H2,1H3.